The summed E-state index contributed by atoms with van der Waals surface area (Å²) in [6, 6.07) is 36.1. The van der Waals surface area contributed by atoms with E-state index in [1.165, 1.54) is 18.2 Å². The fourth-order valence-electron chi connectivity index (χ4n) is 4.29. The summed E-state index contributed by atoms with van der Waals surface area (Å²) in [4.78, 5) is 23.6. The third kappa shape index (κ3) is 6.79. The number of nitro benzene ring substituents is 1. The van der Waals surface area contributed by atoms with Gasteiger partial charge in [-0.05, 0) is 70.4 Å². The van der Waals surface area contributed by atoms with E-state index >= 15 is 0 Å². The van der Waals surface area contributed by atoms with E-state index in [1.54, 1.807) is 42.5 Å². The maximum atomic E-state index is 13.1. The Morgan fingerprint density at radius 2 is 1.48 bits per heavy atom. The molecule has 5 aromatic carbocycles. The van der Waals surface area contributed by atoms with Crippen LogP contribution in [0.1, 0.15) is 16.7 Å². The van der Waals surface area contributed by atoms with Crippen LogP contribution in [0.2, 0.25) is 0 Å². The summed E-state index contributed by atoms with van der Waals surface area (Å²) in [6.07, 6.45) is 1.51. The number of carbonyl (C=O) groups is 1. The molecular weight excluding hydrogens is 530 g/mol. The summed E-state index contributed by atoms with van der Waals surface area (Å²) in [7, 11) is 0. The van der Waals surface area contributed by atoms with E-state index in [9.17, 15) is 20.2 Å². The first-order valence-corrected chi connectivity index (χ1v) is 13.1. The van der Waals surface area contributed by atoms with Gasteiger partial charge in [-0.15, -0.1) is 0 Å². The topological polar surface area (TPSA) is 114 Å². The van der Waals surface area contributed by atoms with Crippen LogP contribution >= 0.6 is 0 Å². The third-order valence-electron chi connectivity index (χ3n) is 6.49. The maximum Gasteiger partial charge on any atom is 0.269 e. The summed E-state index contributed by atoms with van der Waals surface area (Å²) in [5.41, 5.74) is 2.76. The number of benzene rings is 5. The molecule has 0 aliphatic rings. The number of anilines is 1. The molecular formula is C34H25N3O5. The number of nitro groups is 1. The van der Waals surface area contributed by atoms with E-state index < -0.39 is 10.8 Å². The Labute approximate surface area is 242 Å². The lowest BCUT2D eigenvalue weighted by Crippen LogP contribution is -2.13. The van der Waals surface area contributed by atoms with Crippen molar-refractivity contribution in [1.82, 2.24) is 0 Å². The van der Waals surface area contributed by atoms with E-state index in [1.807, 2.05) is 66.7 Å². The number of hydrogen-bond donors (Lipinski definition) is 1. The first-order chi connectivity index (χ1) is 20.5. The molecule has 0 spiro atoms. The second-order valence-corrected chi connectivity index (χ2v) is 9.33. The van der Waals surface area contributed by atoms with Crippen LogP contribution in [0.15, 0.2) is 121 Å². The van der Waals surface area contributed by atoms with Gasteiger partial charge in [-0.3, -0.25) is 14.9 Å². The number of fused-ring (bicyclic) bond motifs is 1. The number of non-ortho nitro benzene ring substituents is 1. The summed E-state index contributed by atoms with van der Waals surface area (Å²) in [6.45, 7) is 0.567. The molecule has 5 rings (SSSR count). The average molecular weight is 556 g/mol. The fourth-order valence-corrected chi connectivity index (χ4v) is 4.29. The Balaban J connectivity index is 1.34. The van der Waals surface area contributed by atoms with Crippen molar-refractivity contribution in [2.75, 3.05) is 5.32 Å². The molecule has 0 saturated heterocycles. The van der Waals surface area contributed by atoms with Crippen LogP contribution in [0.4, 0.5) is 11.4 Å². The molecule has 0 aromatic heterocycles. The van der Waals surface area contributed by atoms with Crippen LogP contribution in [0.5, 0.6) is 11.5 Å². The van der Waals surface area contributed by atoms with Gasteiger partial charge in [-0.1, -0.05) is 60.7 Å². The Hall–Kier alpha value is -5.94. The molecule has 0 aliphatic carbocycles. The Morgan fingerprint density at radius 1 is 0.810 bits per heavy atom. The third-order valence-corrected chi connectivity index (χ3v) is 6.49. The van der Waals surface area contributed by atoms with Gasteiger partial charge < -0.3 is 14.8 Å². The molecule has 0 aliphatic heterocycles. The van der Waals surface area contributed by atoms with Crippen molar-refractivity contribution >= 4 is 34.1 Å². The highest BCUT2D eigenvalue weighted by molar-refractivity contribution is 6.11. The van der Waals surface area contributed by atoms with Crippen molar-refractivity contribution in [1.29, 1.82) is 5.26 Å². The molecule has 42 heavy (non-hydrogen) atoms. The molecule has 0 fully saturated rings. The molecule has 1 amide bonds. The van der Waals surface area contributed by atoms with Crippen LogP contribution in [-0.2, 0) is 18.0 Å². The lowest BCUT2D eigenvalue weighted by Gasteiger charge is -2.13. The molecule has 5 aromatic rings. The second kappa shape index (κ2) is 12.9. The van der Waals surface area contributed by atoms with Gasteiger partial charge >= 0.3 is 0 Å². The smallest absolute Gasteiger partial charge is 0.269 e. The summed E-state index contributed by atoms with van der Waals surface area (Å²) in [5, 5.41) is 25.4. The summed E-state index contributed by atoms with van der Waals surface area (Å²) in [5.74, 6) is 0.552. The van der Waals surface area contributed by atoms with Gasteiger partial charge in [0.15, 0.2) is 0 Å². The highest BCUT2D eigenvalue weighted by atomic mass is 16.6. The molecule has 1 N–H and O–H groups in total. The molecule has 0 unspecified atom stereocenters. The Bertz CT molecular complexity index is 1790. The molecule has 0 saturated carbocycles. The van der Waals surface area contributed by atoms with Crippen LogP contribution in [0.3, 0.4) is 0 Å². The number of amides is 1. The standard InChI is InChI=1S/C34H25N3O5/c35-21-27(34(38)36-28-13-17-30(18-14-28)41-22-24-6-2-1-3-7-24)20-32-31-9-5-4-8-26(31)12-19-33(32)42-23-25-10-15-29(16-11-25)37(39)40/h1-20H,22-23H2,(H,36,38)/b27-20+. The van der Waals surface area contributed by atoms with Crippen molar-refractivity contribution in [3.8, 4) is 17.6 Å². The molecule has 0 atom stereocenters. The second-order valence-electron chi connectivity index (χ2n) is 9.33. The molecule has 8 heteroatoms. The predicted molar refractivity (Wildman–Crippen MR) is 161 cm³/mol. The minimum Gasteiger partial charge on any atom is -0.489 e. The number of carbonyl (C=O) groups excluding carboxylic acids is 1. The first-order valence-electron chi connectivity index (χ1n) is 13.1. The quantitative estimate of drug-likeness (QED) is 0.0828. The van der Waals surface area contributed by atoms with Gasteiger partial charge in [0.2, 0.25) is 0 Å². The van der Waals surface area contributed by atoms with Gasteiger partial charge in [-0.2, -0.15) is 5.26 Å². The minimum absolute atomic E-state index is 0.00731. The minimum atomic E-state index is -0.565. The molecule has 0 bridgehead atoms. The molecule has 0 radical (unpaired) electrons. The zero-order chi connectivity index (χ0) is 29.3. The van der Waals surface area contributed by atoms with Crippen LogP contribution in [0, 0.1) is 21.4 Å². The molecule has 206 valence electrons. The van der Waals surface area contributed by atoms with Crippen molar-refractivity contribution in [2.45, 2.75) is 13.2 Å². The van der Waals surface area contributed by atoms with E-state index in [0.29, 0.717) is 29.4 Å². The number of hydrogen-bond acceptors (Lipinski definition) is 6. The molecule has 0 heterocycles. The van der Waals surface area contributed by atoms with E-state index in [0.717, 1.165) is 21.9 Å². The number of nitrogens with one attached hydrogen (secondary N) is 1. The predicted octanol–water partition coefficient (Wildman–Crippen LogP) is 7.45. The van der Waals surface area contributed by atoms with Crippen LogP contribution in [-0.4, -0.2) is 10.8 Å². The Kier molecular flexibility index (Phi) is 8.51. The van der Waals surface area contributed by atoms with Gasteiger partial charge in [0.25, 0.3) is 11.6 Å². The van der Waals surface area contributed by atoms with E-state index in [4.69, 9.17) is 9.47 Å². The highest BCUT2D eigenvalue weighted by Crippen LogP contribution is 2.31. The zero-order valence-electron chi connectivity index (χ0n) is 22.4. The van der Waals surface area contributed by atoms with Crippen molar-refractivity contribution < 1.29 is 19.2 Å². The maximum absolute atomic E-state index is 13.1. The van der Waals surface area contributed by atoms with E-state index in [2.05, 4.69) is 5.32 Å². The normalized spacial score (nSPS) is 11.0. The number of ether oxygens (including phenoxy) is 2. The van der Waals surface area contributed by atoms with Gasteiger partial charge in [0.05, 0.1) is 4.92 Å². The van der Waals surface area contributed by atoms with Gasteiger partial charge in [-0.25, -0.2) is 0 Å². The van der Waals surface area contributed by atoms with Crippen molar-refractivity contribution in [3.63, 3.8) is 0 Å². The number of rotatable bonds is 10. The van der Waals surface area contributed by atoms with Crippen molar-refractivity contribution in [3.05, 3.63) is 148 Å². The van der Waals surface area contributed by atoms with Crippen LogP contribution < -0.4 is 14.8 Å². The van der Waals surface area contributed by atoms with Gasteiger partial charge in [0, 0.05) is 23.4 Å². The summed E-state index contributed by atoms with van der Waals surface area (Å²) < 4.78 is 11.9. The lowest BCUT2D eigenvalue weighted by molar-refractivity contribution is -0.384. The SMILES string of the molecule is N#C/C(=C\c1c(OCc2ccc([N+](=O)[O-])cc2)ccc2ccccc12)C(=O)Nc1ccc(OCc2ccccc2)cc1. The number of nitriles is 1. The largest absolute Gasteiger partial charge is 0.489 e. The van der Waals surface area contributed by atoms with E-state index in [-0.39, 0.29) is 17.9 Å². The highest BCUT2D eigenvalue weighted by Gasteiger charge is 2.14. The molecule has 8 nitrogen and oxygen atoms in total. The summed E-state index contributed by atoms with van der Waals surface area (Å²) >= 11 is 0. The fraction of sp³-hybridized carbons (Fsp3) is 0.0588. The zero-order valence-corrected chi connectivity index (χ0v) is 22.4. The lowest BCUT2D eigenvalue weighted by atomic mass is 10.0. The van der Waals surface area contributed by atoms with Crippen LogP contribution in [0.25, 0.3) is 16.8 Å². The monoisotopic (exact) mass is 555 g/mol. The Morgan fingerprint density at radius 3 is 2.19 bits per heavy atom. The van der Waals surface area contributed by atoms with Gasteiger partial charge in [0.1, 0.15) is 36.4 Å². The van der Waals surface area contributed by atoms with Crippen molar-refractivity contribution in [2.24, 2.45) is 0 Å². The average Bonchev–Trinajstić information content (AvgIpc) is 3.03. The first kappa shape index (κ1) is 27.6. The number of nitrogens with zero attached hydrogens (tertiary/aromatic N) is 2.